The van der Waals surface area contributed by atoms with Crippen LogP contribution in [0.3, 0.4) is 0 Å². The van der Waals surface area contributed by atoms with Crippen molar-refractivity contribution in [2.75, 3.05) is 5.32 Å². The van der Waals surface area contributed by atoms with Gasteiger partial charge >= 0.3 is 5.97 Å². The second-order valence-corrected chi connectivity index (χ2v) is 5.56. The van der Waals surface area contributed by atoms with Crippen molar-refractivity contribution in [3.05, 3.63) is 64.5 Å². The maximum atomic E-state index is 12.0. The third kappa shape index (κ3) is 3.01. The van der Waals surface area contributed by atoms with E-state index in [4.69, 9.17) is 5.11 Å². The van der Waals surface area contributed by atoms with Crippen LogP contribution in [0.5, 0.6) is 0 Å². The highest BCUT2D eigenvalue weighted by atomic mass is 16.4. The van der Waals surface area contributed by atoms with Crippen molar-refractivity contribution in [3.8, 4) is 0 Å². The number of nitrogens with zero attached hydrogens (tertiary/aromatic N) is 2. The van der Waals surface area contributed by atoms with E-state index in [-0.39, 0.29) is 17.2 Å². The Kier molecular flexibility index (Phi) is 3.97. The van der Waals surface area contributed by atoms with E-state index in [0.717, 1.165) is 18.4 Å². The van der Waals surface area contributed by atoms with E-state index in [0.29, 0.717) is 11.5 Å². The quantitative estimate of drug-likeness (QED) is 0.910. The molecular weight excluding hydrogens is 294 g/mol. The molecule has 23 heavy (non-hydrogen) atoms. The summed E-state index contributed by atoms with van der Waals surface area (Å²) < 4.78 is 1.70. The Morgan fingerprint density at radius 3 is 3.04 bits per heavy atom. The monoisotopic (exact) mass is 311 g/mol. The molecule has 1 aliphatic heterocycles. The van der Waals surface area contributed by atoms with E-state index in [1.807, 2.05) is 6.92 Å². The van der Waals surface area contributed by atoms with Gasteiger partial charge in [0.25, 0.3) is 5.56 Å². The summed E-state index contributed by atoms with van der Waals surface area (Å²) in [7, 11) is 0. The average molecular weight is 311 g/mol. The van der Waals surface area contributed by atoms with Gasteiger partial charge in [-0.05, 0) is 38.0 Å². The molecular formula is C17H17N3O3. The molecule has 0 saturated carbocycles. The molecule has 2 aromatic rings. The van der Waals surface area contributed by atoms with Crippen molar-refractivity contribution in [2.24, 2.45) is 0 Å². The number of allylic oxidation sites excluding steroid dienone is 1. The third-order valence-electron chi connectivity index (χ3n) is 3.96. The molecule has 0 radical (unpaired) electrons. The molecule has 0 aliphatic carbocycles. The Morgan fingerprint density at radius 1 is 1.43 bits per heavy atom. The van der Waals surface area contributed by atoms with Crippen LogP contribution in [0.15, 0.2) is 47.5 Å². The van der Waals surface area contributed by atoms with E-state index < -0.39 is 5.97 Å². The van der Waals surface area contributed by atoms with Gasteiger partial charge in [0.05, 0.1) is 5.56 Å². The summed E-state index contributed by atoms with van der Waals surface area (Å²) in [5.74, 6) is -0.301. The number of aromatic nitrogens is 2. The van der Waals surface area contributed by atoms with Gasteiger partial charge in [-0.1, -0.05) is 6.07 Å². The standard InChI is InChI=1S/C17H17N3O3/c1-11-5-6-13(16-18-8-7-15(21)20(11)16)10-19-14-4-2-3-12(9-14)17(22)23/h2-4,7-11,19H,5-6H2,1H3,(H,22,23). The van der Waals surface area contributed by atoms with Crippen molar-refractivity contribution in [1.82, 2.24) is 9.55 Å². The highest BCUT2D eigenvalue weighted by molar-refractivity contribution is 5.88. The van der Waals surface area contributed by atoms with Crippen LogP contribution in [-0.4, -0.2) is 20.6 Å². The summed E-state index contributed by atoms with van der Waals surface area (Å²) in [6, 6.07) is 8.17. The van der Waals surface area contributed by atoms with Crippen molar-refractivity contribution < 1.29 is 9.90 Å². The fourth-order valence-electron chi connectivity index (χ4n) is 2.74. The summed E-state index contributed by atoms with van der Waals surface area (Å²) in [4.78, 5) is 27.4. The number of carboxylic acids is 1. The zero-order valence-corrected chi connectivity index (χ0v) is 12.7. The van der Waals surface area contributed by atoms with Crippen LogP contribution in [0.2, 0.25) is 0 Å². The predicted octanol–water partition coefficient (Wildman–Crippen LogP) is 2.75. The zero-order chi connectivity index (χ0) is 16.4. The predicted molar refractivity (Wildman–Crippen MR) is 87.4 cm³/mol. The van der Waals surface area contributed by atoms with Crippen LogP contribution in [0, 0.1) is 0 Å². The molecule has 0 saturated heterocycles. The first-order chi connectivity index (χ1) is 11.1. The minimum atomic E-state index is -0.966. The zero-order valence-electron chi connectivity index (χ0n) is 12.7. The maximum absolute atomic E-state index is 12.0. The van der Waals surface area contributed by atoms with Crippen LogP contribution in [0.4, 0.5) is 5.69 Å². The molecule has 0 amide bonds. The number of hydrogen-bond donors (Lipinski definition) is 2. The number of fused-ring (bicyclic) bond motifs is 1. The molecule has 3 rings (SSSR count). The molecule has 1 aromatic carbocycles. The van der Waals surface area contributed by atoms with Crippen LogP contribution >= 0.6 is 0 Å². The normalized spacial score (nSPS) is 18.5. The minimum absolute atomic E-state index is 0.0547. The lowest BCUT2D eigenvalue weighted by atomic mass is 10.0. The van der Waals surface area contributed by atoms with Crippen LogP contribution in [-0.2, 0) is 0 Å². The molecule has 6 heteroatoms. The Labute approximate surface area is 133 Å². The van der Waals surface area contributed by atoms with Gasteiger partial charge in [-0.2, -0.15) is 0 Å². The van der Waals surface area contributed by atoms with Crippen LogP contribution < -0.4 is 10.9 Å². The molecule has 1 unspecified atom stereocenters. The third-order valence-corrected chi connectivity index (χ3v) is 3.96. The van der Waals surface area contributed by atoms with Crippen molar-refractivity contribution in [1.29, 1.82) is 0 Å². The first kappa shape index (κ1) is 15.0. The summed E-state index contributed by atoms with van der Waals surface area (Å²) in [6.07, 6.45) is 4.99. The maximum Gasteiger partial charge on any atom is 0.335 e. The molecule has 1 aliphatic rings. The second-order valence-electron chi connectivity index (χ2n) is 5.56. The first-order valence-corrected chi connectivity index (χ1v) is 7.43. The van der Waals surface area contributed by atoms with E-state index in [1.165, 1.54) is 12.3 Å². The largest absolute Gasteiger partial charge is 0.478 e. The molecule has 1 atom stereocenters. The Morgan fingerprint density at radius 2 is 2.26 bits per heavy atom. The fourth-order valence-corrected chi connectivity index (χ4v) is 2.74. The number of aromatic carboxylic acids is 1. The molecule has 6 nitrogen and oxygen atoms in total. The topological polar surface area (TPSA) is 84.2 Å². The molecule has 0 spiro atoms. The SMILES string of the molecule is CC1CCC(=CNc2cccc(C(=O)O)c2)c2nccc(=O)n21. The molecule has 118 valence electrons. The number of anilines is 1. The van der Waals surface area contributed by atoms with Gasteiger partial charge in [0, 0.05) is 35.8 Å². The molecule has 2 N–H and O–H groups in total. The highest BCUT2D eigenvalue weighted by Crippen LogP contribution is 2.29. The number of hydrogen-bond acceptors (Lipinski definition) is 4. The molecule has 2 heterocycles. The molecule has 0 bridgehead atoms. The van der Waals surface area contributed by atoms with Crippen molar-refractivity contribution in [3.63, 3.8) is 0 Å². The van der Waals surface area contributed by atoms with E-state index >= 15 is 0 Å². The van der Waals surface area contributed by atoms with Gasteiger partial charge in [0.1, 0.15) is 5.82 Å². The lowest BCUT2D eigenvalue weighted by molar-refractivity contribution is 0.0697. The number of nitrogens with one attached hydrogen (secondary N) is 1. The van der Waals surface area contributed by atoms with Gasteiger partial charge < -0.3 is 10.4 Å². The number of rotatable bonds is 3. The van der Waals surface area contributed by atoms with Gasteiger partial charge in [-0.15, -0.1) is 0 Å². The minimum Gasteiger partial charge on any atom is -0.478 e. The fraction of sp³-hybridized carbons (Fsp3) is 0.235. The van der Waals surface area contributed by atoms with Gasteiger partial charge in [0.2, 0.25) is 0 Å². The van der Waals surface area contributed by atoms with Crippen LogP contribution in [0.25, 0.3) is 5.57 Å². The lowest BCUT2D eigenvalue weighted by Crippen LogP contribution is -2.29. The highest BCUT2D eigenvalue weighted by Gasteiger charge is 2.21. The second kappa shape index (κ2) is 6.08. The first-order valence-electron chi connectivity index (χ1n) is 7.43. The molecule has 1 aromatic heterocycles. The average Bonchev–Trinajstić information content (AvgIpc) is 2.54. The van der Waals surface area contributed by atoms with Gasteiger partial charge in [-0.25, -0.2) is 9.78 Å². The summed E-state index contributed by atoms with van der Waals surface area (Å²) in [5.41, 5.74) is 1.78. The van der Waals surface area contributed by atoms with Crippen molar-refractivity contribution >= 4 is 17.2 Å². The smallest absolute Gasteiger partial charge is 0.335 e. The van der Waals surface area contributed by atoms with Crippen molar-refractivity contribution in [2.45, 2.75) is 25.8 Å². The Hall–Kier alpha value is -2.89. The van der Waals surface area contributed by atoms with E-state index in [9.17, 15) is 9.59 Å². The van der Waals surface area contributed by atoms with Crippen LogP contribution in [0.1, 0.15) is 42.0 Å². The summed E-state index contributed by atoms with van der Waals surface area (Å²) in [6.45, 7) is 2.01. The number of carboxylic acid groups (broad SMARTS) is 1. The summed E-state index contributed by atoms with van der Waals surface area (Å²) in [5, 5.41) is 12.1. The van der Waals surface area contributed by atoms with E-state index in [2.05, 4.69) is 10.3 Å². The number of carbonyl (C=O) groups is 1. The van der Waals surface area contributed by atoms with Gasteiger partial charge in [-0.3, -0.25) is 9.36 Å². The summed E-state index contributed by atoms with van der Waals surface area (Å²) >= 11 is 0. The van der Waals surface area contributed by atoms with E-state index in [1.54, 1.807) is 35.0 Å². The lowest BCUT2D eigenvalue weighted by Gasteiger charge is -2.25. The van der Waals surface area contributed by atoms with Gasteiger partial charge in [0.15, 0.2) is 0 Å². The molecule has 0 fully saturated rings. The Bertz CT molecular complexity index is 839. The Balaban J connectivity index is 1.92. The number of benzene rings is 1.